The highest BCUT2D eigenvalue weighted by atomic mass is 32.2. The maximum atomic E-state index is 12.7. The standard InChI is InChI=1S/C24H29N3O8S/c1-3-34-20-8-4-18(5-9-20)24(30)25-16-22(28)35-17(2)23(29)26-19-6-10-21(11-7-19)36(31,32)27-12-14-33-15-13-27/h4-11,17H,3,12-16H2,1-2H3,(H,25,30)(H,26,29). The van der Waals surface area contributed by atoms with Crippen molar-refractivity contribution in [1.29, 1.82) is 0 Å². The monoisotopic (exact) mass is 519 g/mol. The molecule has 12 heteroatoms. The van der Waals surface area contributed by atoms with Crippen LogP contribution >= 0.6 is 0 Å². The third-order valence-electron chi connectivity index (χ3n) is 5.23. The quantitative estimate of drug-likeness (QED) is 0.449. The van der Waals surface area contributed by atoms with Crippen LogP contribution in [0.25, 0.3) is 0 Å². The van der Waals surface area contributed by atoms with Crippen LogP contribution in [0.15, 0.2) is 53.4 Å². The second-order valence-electron chi connectivity index (χ2n) is 7.80. The van der Waals surface area contributed by atoms with Crippen molar-refractivity contribution < 1.29 is 37.0 Å². The molecule has 36 heavy (non-hydrogen) atoms. The van der Waals surface area contributed by atoms with E-state index in [0.717, 1.165) is 0 Å². The molecule has 0 bridgehead atoms. The first-order valence-electron chi connectivity index (χ1n) is 11.4. The molecule has 0 radical (unpaired) electrons. The van der Waals surface area contributed by atoms with Crippen LogP contribution in [0, 0.1) is 0 Å². The summed E-state index contributed by atoms with van der Waals surface area (Å²) in [5, 5.41) is 5.00. The van der Waals surface area contributed by atoms with Crippen molar-refractivity contribution in [1.82, 2.24) is 9.62 Å². The number of morpholine rings is 1. The van der Waals surface area contributed by atoms with Gasteiger partial charge in [0.25, 0.3) is 11.8 Å². The zero-order valence-corrected chi connectivity index (χ0v) is 20.9. The SMILES string of the molecule is CCOc1ccc(C(=O)NCC(=O)OC(C)C(=O)Nc2ccc(S(=O)(=O)N3CCOCC3)cc2)cc1. The Kier molecular flexibility index (Phi) is 9.39. The first-order valence-corrected chi connectivity index (χ1v) is 12.8. The van der Waals surface area contributed by atoms with E-state index in [-0.39, 0.29) is 18.0 Å². The third-order valence-corrected chi connectivity index (χ3v) is 7.14. The maximum absolute atomic E-state index is 12.7. The van der Waals surface area contributed by atoms with Gasteiger partial charge in [0.1, 0.15) is 12.3 Å². The number of esters is 1. The molecule has 1 fully saturated rings. The minimum Gasteiger partial charge on any atom is -0.494 e. The highest BCUT2D eigenvalue weighted by molar-refractivity contribution is 7.89. The van der Waals surface area contributed by atoms with Gasteiger partial charge in [0, 0.05) is 24.3 Å². The molecule has 194 valence electrons. The van der Waals surface area contributed by atoms with Crippen LogP contribution in [-0.4, -0.2) is 76.1 Å². The van der Waals surface area contributed by atoms with Crippen molar-refractivity contribution >= 4 is 33.5 Å². The van der Waals surface area contributed by atoms with Crippen molar-refractivity contribution in [2.45, 2.75) is 24.8 Å². The molecule has 0 aromatic heterocycles. The molecule has 1 unspecified atom stereocenters. The summed E-state index contributed by atoms with van der Waals surface area (Å²) in [5.41, 5.74) is 0.684. The Morgan fingerprint density at radius 1 is 1.03 bits per heavy atom. The van der Waals surface area contributed by atoms with E-state index in [9.17, 15) is 22.8 Å². The van der Waals surface area contributed by atoms with Crippen LogP contribution in [0.2, 0.25) is 0 Å². The summed E-state index contributed by atoms with van der Waals surface area (Å²) in [5.74, 6) is -1.24. The van der Waals surface area contributed by atoms with Crippen LogP contribution in [0.1, 0.15) is 24.2 Å². The fraction of sp³-hybridized carbons (Fsp3) is 0.375. The molecule has 3 rings (SSSR count). The summed E-state index contributed by atoms with van der Waals surface area (Å²) >= 11 is 0. The van der Waals surface area contributed by atoms with E-state index >= 15 is 0 Å². The van der Waals surface area contributed by atoms with Crippen molar-refractivity contribution in [3.8, 4) is 5.75 Å². The molecule has 1 atom stereocenters. The van der Waals surface area contributed by atoms with Crippen molar-refractivity contribution in [3.63, 3.8) is 0 Å². The molecule has 2 N–H and O–H groups in total. The molecular weight excluding hydrogens is 490 g/mol. The van der Waals surface area contributed by atoms with Gasteiger partial charge in [-0.25, -0.2) is 8.42 Å². The van der Waals surface area contributed by atoms with Gasteiger partial charge in [-0.2, -0.15) is 4.31 Å². The number of hydrogen-bond acceptors (Lipinski definition) is 8. The molecular formula is C24H29N3O8S. The summed E-state index contributed by atoms with van der Waals surface area (Å²) in [6.45, 7) is 4.57. The predicted octanol–water partition coefficient (Wildman–Crippen LogP) is 1.41. The average molecular weight is 520 g/mol. The molecule has 0 aliphatic carbocycles. The molecule has 1 aliphatic heterocycles. The number of hydrogen-bond donors (Lipinski definition) is 2. The Labute approximate surface area is 209 Å². The second-order valence-corrected chi connectivity index (χ2v) is 9.74. The molecule has 1 heterocycles. The molecule has 0 spiro atoms. The van der Waals surface area contributed by atoms with Crippen LogP contribution in [0.5, 0.6) is 5.75 Å². The fourth-order valence-corrected chi connectivity index (χ4v) is 4.71. The number of ether oxygens (including phenoxy) is 3. The number of amides is 2. The largest absolute Gasteiger partial charge is 0.494 e. The van der Waals surface area contributed by atoms with E-state index in [1.54, 1.807) is 24.3 Å². The normalized spacial score (nSPS) is 14.9. The van der Waals surface area contributed by atoms with Crippen LogP contribution in [0.4, 0.5) is 5.69 Å². The topological polar surface area (TPSA) is 140 Å². The number of carbonyl (C=O) groups is 3. The van der Waals surface area contributed by atoms with Crippen molar-refractivity contribution in [2.24, 2.45) is 0 Å². The Morgan fingerprint density at radius 2 is 1.67 bits per heavy atom. The molecule has 1 aliphatic rings. The Morgan fingerprint density at radius 3 is 2.28 bits per heavy atom. The van der Waals surface area contributed by atoms with Gasteiger partial charge in [-0.05, 0) is 62.4 Å². The van der Waals surface area contributed by atoms with Gasteiger partial charge in [-0.3, -0.25) is 14.4 Å². The molecule has 1 saturated heterocycles. The first kappa shape index (κ1) is 27.1. The molecule has 0 saturated carbocycles. The summed E-state index contributed by atoms with van der Waals surface area (Å²) in [7, 11) is -3.65. The Bertz CT molecular complexity index is 1160. The number of anilines is 1. The fourth-order valence-electron chi connectivity index (χ4n) is 3.31. The van der Waals surface area contributed by atoms with Gasteiger partial charge >= 0.3 is 5.97 Å². The van der Waals surface area contributed by atoms with Gasteiger partial charge < -0.3 is 24.8 Å². The lowest BCUT2D eigenvalue weighted by Crippen LogP contribution is -2.40. The van der Waals surface area contributed by atoms with Crippen molar-refractivity contribution in [2.75, 3.05) is 44.8 Å². The smallest absolute Gasteiger partial charge is 0.326 e. The van der Waals surface area contributed by atoms with Gasteiger partial charge in [0.15, 0.2) is 6.10 Å². The first-order chi connectivity index (χ1) is 17.2. The number of carbonyl (C=O) groups excluding carboxylic acids is 3. The summed E-state index contributed by atoms with van der Waals surface area (Å²) in [6, 6.07) is 12.1. The number of benzene rings is 2. The van der Waals surface area contributed by atoms with E-state index in [1.807, 2.05) is 6.92 Å². The highest BCUT2D eigenvalue weighted by Gasteiger charge is 2.26. The second kappa shape index (κ2) is 12.5. The van der Waals surface area contributed by atoms with Gasteiger partial charge in [0.2, 0.25) is 10.0 Å². The minimum absolute atomic E-state index is 0.102. The highest BCUT2D eigenvalue weighted by Crippen LogP contribution is 2.19. The van der Waals surface area contributed by atoms with Crippen LogP contribution in [0.3, 0.4) is 0 Å². The minimum atomic E-state index is -3.65. The van der Waals surface area contributed by atoms with Gasteiger partial charge in [0.05, 0.1) is 24.7 Å². The van der Waals surface area contributed by atoms with Gasteiger partial charge in [-0.15, -0.1) is 0 Å². The van der Waals surface area contributed by atoms with E-state index in [2.05, 4.69) is 10.6 Å². The lowest BCUT2D eigenvalue weighted by molar-refractivity contribution is -0.152. The van der Waals surface area contributed by atoms with E-state index in [1.165, 1.54) is 35.5 Å². The maximum Gasteiger partial charge on any atom is 0.326 e. The lowest BCUT2D eigenvalue weighted by Gasteiger charge is -2.26. The molecule has 2 aromatic rings. The zero-order chi connectivity index (χ0) is 26.1. The number of nitrogens with zero attached hydrogens (tertiary/aromatic N) is 1. The molecule has 2 amide bonds. The number of sulfonamides is 1. The lowest BCUT2D eigenvalue weighted by atomic mass is 10.2. The summed E-state index contributed by atoms with van der Waals surface area (Å²) in [4.78, 5) is 36.8. The Hall–Kier alpha value is -3.48. The average Bonchev–Trinajstić information content (AvgIpc) is 2.88. The summed E-state index contributed by atoms with van der Waals surface area (Å²) in [6.07, 6.45) is -1.14. The summed E-state index contributed by atoms with van der Waals surface area (Å²) < 4.78 is 42.3. The zero-order valence-electron chi connectivity index (χ0n) is 20.1. The van der Waals surface area contributed by atoms with Crippen LogP contribution in [-0.2, 0) is 29.1 Å². The predicted molar refractivity (Wildman–Crippen MR) is 130 cm³/mol. The van der Waals surface area contributed by atoms with E-state index < -0.39 is 40.5 Å². The Balaban J connectivity index is 1.46. The van der Waals surface area contributed by atoms with Crippen LogP contribution < -0.4 is 15.4 Å². The van der Waals surface area contributed by atoms with Gasteiger partial charge in [-0.1, -0.05) is 0 Å². The number of nitrogens with one attached hydrogen (secondary N) is 2. The number of rotatable bonds is 10. The third kappa shape index (κ3) is 7.26. The van der Waals surface area contributed by atoms with E-state index in [0.29, 0.717) is 36.8 Å². The molecule has 2 aromatic carbocycles. The molecule has 11 nitrogen and oxygen atoms in total. The van der Waals surface area contributed by atoms with Crippen molar-refractivity contribution in [3.05, 3.63) is 54.1 Å². The van der Waals surface area contributed by atoms with E-state index in [4.69, 9.17) is 14.2 Å².